The Morgan fingerprint density at radius 2 is 1.78 bits per heavy atom. The van der Waals surface area contributed by atoms with Crippen LogP contribution in [-0.4, -0.2) is 58.0 Å². The molecule has 7 heteroatoms. The first-order chi connectivity index (χ1) is 8.58. The molecule has 0 N–H and O–H groups in total. The van der Waals surface area contributed by atoms with Crippen molar-refractivity contribution in [2.45, 2.75) is 19.3 Å². The molecule has 0 radical (unpaired) electrons. The number of hydrogen-bond donors (Lipinski definition) is 0. The molecule has 3 amide bonds. The van der Waals surface area contributed by atoms with Gasteiger partial charge in [0.1, 0.15) is 12.3 Å². The molecule has 0 unspecified atom stereocenters. The van der Waals surface area contributed by atoms with Gasteiger partial charge in [0.25, 0.3) is 5.24 Å². The molecule has 0 aromatic carbocycles. The monoisotopic (exact) mass is 270 g/mol. The Balaban J connectivity index is 1.92. The van der Waals surface area contributed by atoms with Crippen molar-refractivity contribution < 1.29 is 19.2 Å². The quantitative estimate of drug-likeness (QED) is 0.719. The van der Waals surface area contributed by atoms with Crippen LogP contribution in [0.2, 0.25) is 0 Å². The van der Waals surface area contributed by atoms with Crippen LogP contribution in [0.5, 0.6) is 0 Å². The molecule has 6 nitrogen and oxygen atoms in total. The number of likely N-dealkylation sites (tertiary alicyclic amines) is 1. The Kier molecular flexibility index (Phi) is 4.00. The summed E-state index contributed by atoms with van der Waals surface area (Å²) >= 11 is 1.06. The summed E-state index contributed by atoms with van der Waals surface area (Å²) in [5, 5.41) is -0.354. The molecule has 2 rings (SSSR count). The van der Waals surface area contributed by atoms with Crippen LogP contribution in [0.4, 0.5) is 4.79 Å². The lowest BCUT2D eigenvalue weighted by Crippen LogP contribution is -2.48. The number of carbonyl (C=O) groups excluding carboxylic acids is 4. The van der Waals surface area contributed by atoms with E-state index in [0.717, 1.165) is 16.7 Å². The lowest BCUT2D eigenvalue weighted by Gasteiger charge is -2.29. The number of imide groups is 1. The van der Waals surface area contributed by atoms with Crippen molar-refractivity contribution in [2.24, 2.45) is 0 Å². The fourth-order valence-corrected chi connectivity index (χ4v) is 2.71. The van der Waals surface area contributed by atoms with Gasteiger partial charge in [-0.15, -0.1) is 0 Å². The van der Waals surface area contributed by atoms with Gasteiger partial charge in [0.15, 0.2) is 0 Å². The Morgan fingerprint density at radius 3 is 2.39 bits per heavy atom. The molecule has 2 aliphatic rings. The Bertz CT molecular complexity index is 384. The Morgan fingerprint density at radius 1 is 1.11 bits per heavy atom. The molecule has 0 spiro atoms. The van der Waals surface area contributed by atoms with E-state index in [0.29, 0.717) is 38.1 Å². The Labute approximate surface area is 109 Å². The first kappa shape index (κ1) is 13.1. The molecule has 0 aromatic rings. The molecule has 0 saturated carbocycles. The van der Waals surface area contributed by atoms with Crippen molar-refractivity contribution in [3.8, 4) is 0 Å². The maximum atomic E-state index is 11.9. The van der Waals surface area contributed by atoms with E-state index in [-0.39, 0.29) is 29.4 Å². The van der Waals surface area contributed by atoms with Crippen molar-refractivity contribution in [1.82, 2.24) is 9.80 Å². The molecular formula is C11H14N2O4S. The molecule has 0 atom stereocenters. The molecule has 0 aromatic heterocycles. The average molecular weight is 270 g/mol. The van der Waals surface area contributed by atoms with Crippen LogP contribution in [0.1, 0.15) is 19.3 Å². The summed E-state index contributed by atoms with van der Waals surface area (Å²) in [5.41, 5.74) is 0. The number of ketones is 1. The second kappa shape index (κ2) is 5.51. The van der Waals surface area contributed by atoms with E-state index in [9.17, 15) is 19.2 Å². The summed E-state index contributed by atoms with van der Waals surface area (Å²) < 4.78 is 0. The Hall–Kier alpha value is -1.37. The van der Waals surface area contributed by atoms with Crippen LogP contribution in [0.25, 0.3) is 0 Å². The fraction of sp³-hybridized carbons (Fsp3) is 0.636. The highest BCUT2D eigenvalue weighted by molar-refractivity contribution is 8.13. The van der Waals surface area contributed by atoms with Gasteiger partial charge in [-0.2, -0.15) is 0 Å². The molecule has 2 aliphatic heterocycles. The van der Waals surface area contributed by atoms with E-state index in [4.69, 9.17) is 0 Å². The van der Waals surface area contributed by atoms with E-state index >= 15 is 0 Å². The minimum Gasteiger partial charge on any atom is -0.340 e. The van der Waals surface area contributed by atoms with Crippen molar-refractivity contribution in [3.63, 3.8) is 0 Å². The number of rotatable bonds is 2. The minimum atomic E-state index is -0.354. The second-order valence-electron chi connectivity index (χ2n) is 4.26. The van der Waals surface area contributed by atoms with Gasteiger partial charge in [0, 0.05) is 38.1 Å². The van der Waals surface area contributed by atoms with E-state index in [1.54, 1.807) is 4.90 Å². The maximum absolute atomic E-state index is 11.9. The van der Waals surface area contributed by atoms with Crippen molar-refractivity contribution in [1.29, 1.82) is 0 Å². The number of hydrogen-bond acceptors (Lipinski definition) is 5. The molecule has 2 saturated heterocycles. The predicted molar refractivity (Wildman–Crippen MR) is 65.0 cm³/mol. The van der Waals surface area contributed by atoms with Gasteiger partial charge in [-0.1, -0.05) is 11.8 Å². The highest BCUT2D eigenvalue weighted by Gasteiger charge is 2.30. The number of carbonyl (C=O) groups is 4. The first-order valence-corrected chi connectivity index (χ1v) is 6.83. The van der Waals surface area contributed by atoms with Crippen molar-refractivity contribution in [2.75, 3.05) is 25.4 Å². The maximum Gasteiger partial charge on any atom is 0.288 e. The van der Waals surface area contributed by atoms with E-state index < -0.39 is 0 Å². The molecular weight excluding hydrogens is 256 g/mol. The largest absolute Gasteiger partial charge is 0.340 e. The highest BCUT2D eigenvalue weighted by atomic mass is 32.2. The minimum absolute atomic E-state index is 0.153. The van der Waals surface area contributed by atoms with Gasteiger partial charge < -0.3 is 4.90 Å². The molecule has 98 valence electrons. The third kappa shape index (κ3) is 2.90. The number of thioether (sulfide) groups is 1. The lowest BCUT2D eigenvalue weighted by molar-refractivity contribution is -0.139. The summed E-state index contributed by atoms with van der Waals surface area (Å²) in [6, 6.07) is 0. The van der Waals surface area contributed by atoms with Crippen LogP contribution in [0.15, 0.2) is 0 Å². The topological polar surface area (TPSA) is 74.8 Å². The van der Waals surface area contributed by atoms with Crippen molar-refractivity contribution in [3.05, 3.63) is 0 Å². The number of piperidine rings is 1. The zero-order chi connectivity index (χ0) is 13.1. The van der Waals surface area contributed by atoms with Crippen molar-refractivity contribution >= 4 is 34.6 Å². The van der Waals surface area contributed by atoms with E-state index in [1.165, 1.54) is 0 Å². The van der Waals surface area contributed by atoms with Gasteiger partial charge in [-0.25, -0.2) is 0 Å². The first-order valence-electron chi connectivity index (χ1n) is 5.84. The fourth-order valence-electron chi connectivity index (χ4n) is 1.93. The predicted octanol–water partition coefficient (Wildman–Crippen LogP) is 0.263. The van der Waals surface area contributed by atoms with E-state index in [1.807, 2.05) is 0 Å². The van der Waals surface area contributed by atoms with Gasteiger partial charge in [-0.05, 0) is 0 Å². The number of Topliss-reactive ketones (excluding diaryl/α,β-unsaturated/α-hetero) is 1. The standard InChI is InChI=1S/C11H14N2O4S/c14-8-1-4-12(5-2-8)10(16)7-13-9(15)3-6-18-11(13)17/h1-7H2. The van der Waals surface area contributed by atoms with Crippen LogP contribution in [-0.2, 0) is 14.4 Å². The van der Waals surface area contributed by atoms with Crippen LogP contribution >= 0.6 is 11.8 Å². The number of amides is 3. The molecule has 0 aliphatic carbocycles. The van der Waals surface area contributed by atoms with Crippen LogP contribution in [0.3, 0.4) is 0 Å². The van der Waals surface area contributed by atoms with Gasteiger partial charge in [0.05, 0.1) is 0 Å². The third-order valence-corrected chi connectivity index (χ3v) is 3.91. The van der Waals surface area contributed by atoms with Gasteiger partial charge >= 0.3 is 0 Å². The van der Waals surface area contributed by atoms with Crippen LogP contribution < -0.4 is 0 Å². The second-order valence-corrected chi connectivity index (χ2v) is 5.31. The third-order valence-electron chi connectivity index (χ3n) is 3.03. The molecule has 18 heavy (non-hydrogen) atoms. The average Bonchev–Trinajstić information content (AvgIpc) is 2.34. The highest BCUT2D eigenvalue weighted by Crippen LogP contribution is 2.18. The summed E-state index contributed by atoms with van der Waals surface area (Å²) in [6.07, 6.45) is 1.02. The summed E-state index contributed by atoms with van der Waals surface area (Å²) in [5.74, 6) is 0.0900. The smallest absolute Gasteiger partial charge is 0.288 e. The molecule has 2 heterocycles. The number of nitrogens with zero attached hydrogens (tertiary/aromatic N) is 2. The summed E-state index contributed by atoms with van der Waals surface area (Å²) in [4.78, 5) is 48.6. The summed E-state index contributed by atoms with van der Waals surface area (Å²) in [6.45, 7) is 0.584. The molecule has 2 fully saturated rings. The lowest BCUT2D eigenvalue weighted by atomic mass is 10.1. The summed E-state index contributed by atoms with van der Waals surface area (Å²) in [7, 11) is 0. The normalized spacial score (nSPS) is 21.4. The van der Waals surface area contributed by atoms with Crippen LogP contribution in [0, 0.1) is 0 Å². The molecule has 0 bridgehead atoms. The zero-order valence-electron chi connectivity index (χ0n) is 9.89. The van der Waals surface area contributed by atoms with Gasteiger partial charge in [0.2, 0.25) is 11.8 Å². The van der Waals surface area contributed by atoms with E-state index in [2.05, 4.69) is 0 Å². The van der Waals surface area contributed by atoms with Gasteiger partial charge in [-0.3, -0.25) is 24.1 Å². The SMILES string of the molecule is O=C1CCN(C(=O)CN2C(=O)CCSC2=O)CC1. The zero-order valence-corrected chi connectivity index (χ0v) is 10.7.